The lowest BCUT2D eigenvalue weighted by molar-refractivity contribution is 0.229. The Bertz CT molecular complexity index is 1020. The van der Waals surface area contributed by atoms with E-state index in [9.17, 15) is 4.57 Å². The van der Waals surface area contributed by atoms with Gasteiger partial charge in [-0.15, -0.1) is 11.3 Å². The smallest absolute Gasteiger partial charge is 0.354 e. The number of nitrogens with zero attached hydrogens (tertiary/aromatic N) is 2. The van der Waals surface area contributed by atoms with E-state index in [0.717, 1.165) is 26.2 Å². The van der Waals surface area contributed by atoms with Crippen LogP contribution in [0, 0.1) is 6.92 Å². The van der Waals surface area contributed by atoms with Crippen LogP contribution < -0.4 is 4.74 Å². The van der Waals surface area contributed by atoms with Crippen molar-refractivity contribution >= 4 is 35.2 Å². The van der Waals surface area contributed by atoms with E-state index < -0.39 is 7.60 Å². The average molecular weight is 418 g/mol. The number of hydrogen-bond donors (Lipinski definition) is 0. The van der Waals surface area contributed by atoms with Crippen LogP contribution in [0.5, 0.6) is 5.88 Å². The second-order valence-corrected chi connectivity index (χ2v) is 8.86. The first-order valence-corrected chi connectivity index (χ1v) is 11.4. The third kappa shape index (κ3) is 4.33. The molecule has 0 atom stereocenters. The summed E-state index contributed by atoms with van der Waals surface area (Å²) in [6, 6.07) is 8.23. The monoisotopic (exact) mass is 418 g/mol. The number of thiophene rings is 1. The van der Waals surface area contributed by atoms with Crippen LogP contribution in [0.2, 0.25) is 0 Å². The first-order chi connectivity index (χ1) is 13.5. The quantitative estimate of drug-likeness (QED) is 0.424. The van der Waals surface area contributed by atoms with Crippen LogP contribution in [-0.4, -0.2) is 30.3 Å². The summed E-state index contributed by atoms with van der Waals surface area (Å²) in [6.07, 6.45) is 3.25. The molecule has 0 spiro atoms. The van der Waals surface area contributed by atoms with Gasteiger partial charge in [0.25, 0.3) is 0 Å². The van der Waals surface area contributed by atoms with Crippen LogP contribution in [-0.2, 0) is 13.6 Å². The van der Waals surface area contributed by atoms with E-state index in [1.807, 2.05) is 6.92 Å². The molecule has 2 heterocycles. The van der Waals surface area contributed by atoms with Gasteiger partial charge in [0.05, 0.1) is 25.7 Å². The molecular formula is C20H23N2O4PS. The van der Waals surface area contributed by atoms with Gasteiger partial charge in [0.15, 0.2) is 0 Å². The van der Waals surface area contributed by atoms with Crippen molar-refractivity contribution in [1.82, 2.24) is 9.97 Å². The van der Waals surface area contributed by atoms with Crippen molar-refractivity contribution in [1.29, 1.82) is 0 Å². The second-order valence-electron chi connectivity index (χ2n) is 5.97. The topological polar surface area (TPSA) is 70.5 Å². The molecule has 28 heavy (non-hydrogen) atoms. The molecule has 0 bridgehead atoms. The lowest BCUT2D eigenvalue weighted by Crippen LogP contribution is -1.93. The highest BCUT2D eigenvalue weighted by molar-refractivity contribution is 7.57. The summed E-state index contributed by atoms with van der Waals surface area (Å²) in [5, 5.41) is 0.779. The first-order valence-electron chi connectivity index (χ1n) is 8.98. The lowest BCUT2D eigenvalue weighted by atomic mass is 10.1. The fraction of sp³-hybridized carbons (Fsp3) is 0.300. The summed E-state index contributed by atoms with van der Waals surface area (Å²) < 4.78 is 29.1. The van der Waals surface area contributed by atoms with E-state index in [4.69, 9.17) is 13.8 Å². The van der Waals surface area contributed by atoms with Gasteiger partial charge in [-0.3, -0.25) is 4.57 Å². The number of rotatable bonds is 8. The van der Waals surface area contributed by atoms with Crippen LogP contribution in [0.15, 0.2) is 36.4 Å². The van der Waals surface area contributed by atoms with Gasteiger partial charge in [-0.1, -0.05) is 29.8 Å². The number of benzene rings is 1. The van der Waals surface area contributed by atoms with Gasteiger partial charge in [-0.25, -0.2) is 9.97 Å². The van der Waals surface area contributed by atoms with E-state index in [0.29, 0.717) is 19.1 Å². The molecule has 0 unspecified atom stereocenters. The highest BCUT2D eigenvalue weighted by atomic mass is 32.1. The van der Waals surface area contributed by atoms with Gasteiger partial charge in [0.2, 0.25) is 5.88 Å². The summed E-state index contributed by atoms with van der Waals surface area (Å²) in [6.45, 7) is 6.21. The first kappa shape index (κ1) is 20.7. The van der Waals surface area contributed by atoms with Gasteiger partial charge in [0, 0.05) is 16.3 Å². The van der Waals surface area contributed by atoms with Gasteiger partial charge in [0.1, 0.15) is 11.2 Å². The molecule has 0 fully saturated rings. The summed E-state index contributed by atoms with van der Waals surface area (Å²) in [5.74, 6) is 1.98. The third-order valence-electron chi connectivity index (χ3n) is 4.04. The normalized spacial score (nSPS) is 12.1. The maximum Gasteiger partial charge on any atom is 0.354 e. The standard InChI is InChI=1S/C20H23N2O4PS/c1-5-25-27(23,26-6-2)12-11-16-17-19(24-4)21-13-22-20(17)28-18(16)15-9-7-14(3)8-10-15/h7-13H,5-6H2,1-4H3/b12-11+. The molecule has 0 aliphatic heterocycles. The van der Waals surface area contributed by atoms with Crippen molar-refractivity contribution in [2.45, 2.75) is 20.8 Å². The minimum absolute atomic E-state index is 0.295. The largest absolute Gasteiger partial charge is 0.480 e. The zero-order valence-electron chi connectivity index (χ0n) is 16.3. The van der Waals surface area contributed by atoms with E-state index >= 15 is 0 Å². The summed E-state index contributed by atoms with van der Waals surface area (Å²) in [4.78, 5) is 10.4. The highest BCUT2D eigenvalue weighted by Crippen LogP contribution is 2.51. The van der Waals surface area contributed by atoms with Crippen LogP contribution in [0.25, 0.3) is 26.7 Å². The van der Waals surface area contributed by atoms with E-state index in [2.05, 4.69) is 34.2 Å². The molecule has 0 saturated carbocycles. The Morgan fingerprint density at radius 2 is 1.79 bits per heavy atom. The number of ether oxygens (including phenoxy) is 1. The molecule has 3 aromatic rings. The second kappa shape index (κ2) is 8.97. The Balaban J connectivity index is 2.20. The summed E-state index contributed by atoms with van der Waals surface area (Å²) >= 11 is 1.54. The van der Waals surface area contributed by atoms with E-state index in [1.165, 1.54) is 29.0 Å². The molecule has 0 aliphatic rings. The SMILES string of the molecule is CCOP(=O)(/C=C/c1c(-c2ccc(C)cc2)sc2ncnc(OC)c12)OCC. The molecule has 8 heteroatoms. The van der Waals surface area contributed by atoms with Crippen LogP contribution in [0.4, 0.5) is 0 Å². The predicted molar refractivity (Wildman–Crippen MR) is 114 cm³/mol. The zero-order valence-corrected chi connectivity index (χ0v) is 18.0. The van der Waals surface area contributed by atoms with Crippen LogP contribution in [0.1, 0.15) is 25.0 Å². The fourth-order valence-electron chi connectivity index (χ4n) is 2.81. The Morgan fingerprint density at radius 3 is 2.39 bits per heavy atom. The molecule has 0 N–H and O–H groups in total. The van der Waals surface area contributed by atoms with Gasteiger partial charge in [-0.2, -0.15) is 0 Å². The molecule has 0 radical (unpaired) electrons. The Morgan fingerprint density at radius 1 is 1.11 bits per heavy atom. The summed E-state index contributed by atoms with van der Waals surface area (Å²) in [5.41, 5.74) is 3.05. The summed E-state index contributed by atoms with van der Waals surface area (Å²) in [7, 11) is -1.77. The van der Waals surface area contributed by atoms with Crippen LogP contribution >= 0.6 is 18.9 Å². The van der Waals surface area contributed by atoms with Crippen molar-refractivity contribution in [3.8, 4) is 16.3 Å². The molecule has 3 rings (SSSR count). The molecule has 148 valence electrons. The van der Waals surface area contributed by atoms with E-state index in [1.54, 1.807) is 27.0 Å². The highest BCUT2D eigenvalue weighted by Gasteiger charge is 2.22. The van der Waals surface area contributed by atoms with Gasteiger partial charge in [-0.05, 0) is 32.4 Å². The number of aromatic nitrogens is 2. The number of aryl methyl sites for hydroxylation is 1. The maximum atomic E-state index is 12.9. The molecule has 1 aromatic carbocycles. The number of fused-ring (bicyclic) bond motifs is 1. The third-order valence-corrected chi connectivity index (χ3v) is 6.95. The van der Waals surface area contributed by atoms with Crippen molar-refractivity contribution in [2.75, 3.05) is 20.3 Å². The minimum atomic E-state index is -3.34. The van der Waals surface area contributed by atoms with Crippen LogP contribution in [0.3, 0.4) is 0 Å². The van der Waals surface area contributed by atoms with E-state index in [-0.39, 0.29) is 0 Å². The molecule has 0 aliphatic carbocycles. The molecule has 2 aromatic heterocycles. The van der Waals surface area contributed by atoms with Crippen molar-refractivity contribution in [3.05, 3.63) is 47.5 Å². The number of hydrogen-bond acceptors (Lipinski definition) is 7. The minimum Gasteiger partial charge on any atom is -0.480 e. The molecule has 0 amide bonds. The molecule has 6 nitrogen and oxygen atoms in total. The Kier molecular flexibility index (Phi) is 6.62. The maximum absolute atomic E-state index is 12.9. The lowest BCUT2D eigenvalue weighted by Gasteiger charge is -2.12. The van der Waals surface area contributed by atoms with Crippen molar-refractivity contribution in [2.24, 2.45) is 0 Å². The molecule has 0 saturated heterocycles. The zero-order chi connectivity index (χ0) is 20.1. The van der Waals surface area contributed by atoms with Gasteiger partial charge >= 0.3 is 7.60 Å². The van der Waals surface area contributed by atoms with Crippen molar-refractivity contribution < 1.29 is 18.3 Å². The Labute approximate surface area is 168 Å². The van der Waals surface area contributed by atoms with Gasteiger partial charge < -0.3 is 13.8 Å². The molecular weight excluding hydrogens is 395 g/mol. The predicted octanol–water partition coefficient (Wildman–Crippen LogP) is 5.91. The fourth-order valence-corrected chi connectivity index (χ4v) is 5.23. The average Bonchev–Trinajstić information content (AvgIpc) is 3.06. The number of methoxy groups -OCH3 is 1. The Hall–Kier alpha value is -2.05. The van der Waals surface area contributed by atoms with Crippen molar-refractivity contribution in [3.63, 3.8) is 0 Å².